The zero-order valence-corrected chi connectivity index (χ0v) is 15.3. The van der Waals surface area contributed by atoms with Crippen molar-refractivity contribution in [2.24, 2.45) is 0 Å². The van der Waals surface area contributed by atoms with Crippen LogP contribution in [0.3, 0.4) is 0 Å². The van der Waals surface area contributed by atoms with Crippen LogP contribution in [-0.4, -0.2) is 75.5 Å². The highest BCUT2D eigenvalue weighted by Gasteiger charge is 2.32. The molecule has 1 atom stereocenters. The van der Waals surface area contributed by atoms with E-state index in [0.717, 1.165) is 6.54 Å². The van der Waals surface area contributed by atoms with Gasteiger partial charge in [0.05, 0.1) is 11.5 Å². The van der Waals surface area contributed by atoms with E-state index in [1.165, 1.54) is 0 Å². The van der Waals surface area contributed by atoms with Gasteiger partial charge in [0.15, 0.2) is 9.84 Å². The maximum absolute atomic E-state index is 12.2. The Hall–Kier alpha value is -1.67. The second-order valence-corrected chi connectivity index (χ2v) is 8.53. The van der Waals surface area contributed by atoms with E-state index in [9.17, 15) is 13.2 Å². The molecule has 0 aliphatic carbocycles. The molecule has 0 radical (unpaired) electrons. The first-order valence-electron chi connectivity index (χ1n) is 8.18. The Morgan fingerprint density at radius 1 is 1.42 bits per heavy atom. The van der Waals surface area contributed by atoms with Gasteiger partial charge in [-0.15, -0.1) is 0 Å². The van der Waals surface area contributed by atoms with E-state index >= 15 is 0 Å². The first kappa shape index (κ1) is 18.7. The number of hydrogen-bond donors (Lipinski definition) is 1. The lowest BCUT2D eigenvalue weighted by Gasteiger charge is -2.28. The number of sulfone groups is 1. The lowest BCUT2D eigenvalue weighted by Crippen LogP contribution is -2.37. The average molecular weight is 354 g/mol. The molecule has 1 aliphatic heterocycles. The Balaban J connectivity index is 2.09. The number of carbonyl (C=O) groups excluding carboxylic acids is 1. The lowest BCUT2D eigenvalue weighted by molar-refractivity contribution is 0.0951. The van der Waals surface area contributed by atoms with Crippen LogP contribution in [0, 0.1) is 0 Å². The van der Waals surface area contributed by atoms with Gasteiger partial charge in [-0.25, -0.2) is 13.4 Å². The van der Waals surface area contributed by atoms with Crippen molar-refractivity contribution in [1.82, 2.24) is 15.2 Å². The molecular weight excluding hydrogens is 328 g/mol. The molecule has 1 aliphatic rings. The second kappa shape index (κ2) is 7.94. The van der Waals surface area contributed by atoms with Crippen molar-refractivity contribution >= 4 is 21.6 Å². The van der Waals surface area contributed by atoms with E-state index in [-0.39, 0.29) is 23.5 Å². The number of anilines is 1. The van der Waals surface area contributed by atoms with Gasteiger partial charge in [-0.05, 0) is 39.6 Å². The number of aromatic nitrogens is 1. The fourth-order valence-corrected chi connectivity index (χ4v) is 4.57. The average Bonchev–Trinajstić information content (AvgIpc) is 2.88. The maximum atomic E-state index is 12.2. The molecule has 1 amide bonds. The molecule has 0 bridgehead atoms. The Labute approximate surface area is 144 Å². The van der Waals surface area contributed by atoms with E-state index < -0.39 is 9.84 Å². The third-order valence-electron chi connectivity index (χ3n) is 4.14. The highest BCUT2D eigenvalue weighted by atomic mass is 32.2. The monoisotopic (exact) mass is 354 g/mol. The molecule has 7 nitrogen and oxygen atoms in total. The summed E-state index contributed by atoms with van der Waals surface area (Å²) in [6.45, 7) is 3.96. The van der Waals surface area contributed by atoms with Crippen molar-refractivity contribution in [3.63, 3.8) is 0 Å². The molecule has 1 fully saturated rings. The normalized spacial score (nSPS) is 19.4. The maximum Gasteiger partial charge on any atom is 0.251 e. The molecule has 2 heterocycles. The molecule has 1 N–H and O–H groups in total. The molecular formula is C16H26N4O3S. The quantitative estimate of drug-likeness (QED) is 0.763. The van der Waals surface area contributed by atoms with Crippen LogP contribution in [0.15, 0.2) is 18.3 Å². The summed E-state index contributed by atoms with van der Waals surface area (Å²) in [5, 5.41) is 2.87. The highest BCUT2D eigenvalue weighted by molar-refractivity contribution is 7.91. The Morgan fingerprint density at radius 2 is 2.17 bits per heavy atom. The summed E-state index contributed by atoms with van der Waals surface area (Å²) in [6.07, 6.45) is 2.21. The van der Waals surface area contributed by atoms with Crippen LogP contribution in [-0.2, 0) is 9.84 Å². The van der Waals surface area contributed by atoms with Gasteiger partial charge in [-0.3, -0.25) is 4.79 Å². The van der Waals surface area contributed by atoms with E-state index in [1.807, 2.05) is 30.8 Å². The number of pyridine rings is 1. The standard InChI is InChI=1S/C16H26N4O3S/c1-4-20(14-6-10-24(22,23)12-14)15-11-13(5-7-17-15)16(21)18-8-9-19(2)3/h5,7,11,14H,4,6,8-10,12H2,1-3H3,(H,18,21). The van der Waals surface area contributed by atoms with E-state index in [0.29, 0.717) is 30.9 Å². The number of nitrogens with one attached hydrogen (secondary N) is 1. The van der Waals surface area contributed by atoms with Crippen LogP contribution in [0.4, 0.5) is 5.82 Å². The predicted octanol–water partition coefficient (Wildman–Crippen LogP) is 0.386. The molecule has 1 aromatic heterocycles. The van der Waals surface area contributed by atoms with Crippen molar-refractivity contribution in [2.45, 2.75) is 19.4 Å². The molecule has 0 spiro atoms. The topological polar surface area (TPSA) is 82.6 Å². The number of amides is 1. The third kappa shape index (κ3) is 4.91. The molecule has 2 rings (SSSR count). The Morgan fingerprint density at radius 3 is 2.75 bits per heavy atom. The first-order valence-corrected chi connectivity index (χ1v) is 10.0. The van der Waals surface area contributed by atoms with E-state index in [1.54, 1.807) is 18.3 Å². The number of nitrogens with zero attached hydrogens (tertiary/aromatic N) is 3. The van der Waals surface area contributed by atoms with Gasteiger partial charge in [0.2, 0.25) is 0 Å². The van der Waals surface area contributed by atoms with Gasteiger partial charge in [-0.2, -0.15) is 0 Å². The van der Waals surface area contributed by atoms with Crippen LogP contribution in [0.2, 0.25) is 0 Å². The Kier molecular flexibility index (Phi) is 6.17. The number of carbonyl (C=O) groups is 1. The lowest BCUT2D eigenvalue weighted by atomic mass is 10.2. The molecule has 8 heteroatoms. The molecule has 0 saturated carbocycles. The Bertz CT molecular complexity index is 676. The van der Waals surface area contributed by atoms with Crippen molar-refractivity contribution in [3.05, 3.63) is 23.9 Å². The van der Waals surface area contributed by atoms with Gasteiger partial charge in [0.25, 0.3) is 5.91 Å². The highest BCUT2D eigenvalue weighted by Crippen LogP contribution is 2.23. The van der Waals surface area contributed by atoms with Gasteiger partial charge in [-0.1, -0.05) is 0 Å². The van der Waals surface area contributed by atoms with Crippen molar-refractivity contribution in [1.29, 1.82) is 0 Å². The number of likely N-dealkylation sites (N-methyl/N-ethyl adjacent to an activating group) is 1. The van der Waals surface area contributed by atoms with E-state index in [4.69, 9.17) is 0 Å². The summed E-state index contributed by atoms with van der Waals surface area (Å²) < 4.78 is 23.5. The smallest absolute Gasteiger partial charge is 0.251 e. The molecule has 1 unspecified atom stereocenters. The van der Waals surface area contributed by atoms with Gasteiger partial charge in [0.1, 0.15) is 5.82 Å². The van der Waals surface area contributed by atoms with Crippen molar-refractivity contribution < 1.29 is 13.2 Å². The largest absolute Gasteiger partial charge is 0.353 e. The minimum absolute atomic E-state index is 0.0699. The van der Waals surface area contributed by atoms with Gasteiger partial charge in [0, 0.05) is 37.4 Å². The SMILES string of the molecule is CCN(c1cc(C(=O)NCCN(C)C)ccn1)C1CCS(=O)(=O)C1. The van der Waals surface area contributed by atoms with Gasteiger partial charge < -0.3 is 15.1 Å². The molecule has 0 aromatic carbocycles. The minimum atomic E-state index is -2.96. The van der Waals surface area contributed by atoms with Crippen LogP contribution < -0.4 is 10.2 Å². The summed E-state index contributed by atoms with van der Waals surface area (Å²) in [5.74, 6) is 0.885. The first-order chi connectivity index (χ1) is 11.3. The zero-order valence-electron chi connectivity index (χ0n) is 14.5. The van der Waals surface area contributed by atoms with Crippen LogP contribution in [0.25, 0.3) is 0 Å². The third-order valence-corrected chi connectivity index (χ3v) is 5.89. The van der Waals surface area contributed by atoms with Crippen LogP contribution in [0.1, 0.15) is 23.7 Å². The summed E-state index contributed by atoms with van der Waals surface area (Å²) >= 11 is 0. The number of hydrogen-bond acceptors (Lipinski definition) is 6. The van der Waals surface area contributed by atoms with Crippen LogP contribution in [0.5, 0.6) is 0 Å². The van der Waals surface area contributed by atoms with E-state index in [2.05, 4.69) is 10.3 Å². The summed E-state index contributed by atoms with van der Waals surface area (Å²) in [6, 6.07) is 3.34. The van der Waals surface area contributed by atoms with Gasteiger partial charge >= 0.3 is 0 Å². The van der Waals surface area contributed by atoms with Crippen molar-refractivity contribution in [3.8, 4) is 0 Å². The van der Waals surface area contributed by atoms with Crippen molar-refractivity contribution in [2.75, 3.05) is 50.1 Å². The number of rotatable bonds is 7. The summed E-state index contributed by atoms with van der Waals surface area (Å²) in [7, 11) is 0.941. The van der Waals surface area contributed by atoms with Crippen LogP contribution >= 0.6 is 0 Å². The molecule has 134 valence electrons. The molecule has 1 aromatic rings. The fourth-order valence-electron chi connectivity index (χ4n) is 2.84. The molecule has 1 saturated heterocycles. The minimum Gasteiger partial charge on any atom is -0.353 e. The predicted molar refractivity (Wildman–Crippen MR) is 95.2 cm³/mol. The zero-order chi connectivity index (χ0) is 17.7. The molecule has 24 heavy (non-hydrogen) atoms. The second-order valence-electron chi connectivity index (χ2n) is 6.30. The summed E-state index contributed by atoms with van der Waals surface area (Å²) in [4.78, 5) is 20.5. The summed E-state index contributed by atoms with van der Waals surface area (Å²) in [5.41, 5.74) is 0.540. The fraction of sp³-hybridized carbons (Fsp3) is 0.625.